The van der Waals surface area contributed by atoms with Crippen molar-refractivity contribution in [2.75, 3.05) is 11.7 Å². The Morgan fingerprint density at radius 3 is 2.82 bits per heavy atom. The van der Waals surface area contributed by atoms with Crippen molar-refractivity contribution in [1.29, 1.82) is 0 Å². The maximum Gasteiger partial charge on any atom is 0.189 e. The second kappa shape index (κ2) is 6.00. The summed E-state index contributed by atoms with van der Waals surface area (Å²) in [6.45, 7) is 0. The van der Waals surface area contributed by atoms with E-state index < -0.39 is 0 Å². The van der Waals surface area contributed by atoms with Crippen LogP contribution in [-0.4, -0.2) is 22.4 Å². The largest absolute Gasteiger partial charge is 0.261 e. The quantitative estimate of drug-likeness (QED) is 0.389. The fourth-order valence-electron chi connectivity index (χ4n) is 1.21. The Morgan fingerprint density at radius 1 is 1.24 bits per heavy atom. The molecule has 0 radical (unpaired) electrons. The van der Waals surface area contributed by atoms with Gasteiger partial charge in [0.05, 0.1) is 6.21 Å². The minimum atomic E-state index is 0.691. The normalized spacial score (nSPS) is 10.6. The molecule has 0 saturated heterocycles. The summed E-state index contributed by atoms with van der Waals surface area (Å²) in [7, 11) is 0. The summed E-state index contributed by atoms with van der Waals surface area (Å²) < 4.78 is 0. The van der Waals surface area contributed by atoms with Crippen molar-refractivity contribution in [3.8, 4) is 0 Å². The molecule has 0 saturated carbocycles. The van der Waals surface area contributed by atoms with Crippen LogP contribution in [0.3, 0.4) is 0 Å². The van der Waals surface area contributed by atoms with Gasteiger partial charge in [0.1, 0.15) is 0 Å². The number of hydrogen-bond donors (Lipinski definition) is 1. The zero-order chi connectivity index (χ0) is 11.9. The molecule has 1 aromatic heterocycles. The molecule has 1 N–H and O–H groups in total. The molecule has 1 heterocycles. The lowest BCUT2D eigenvalue weighted by Crippen LogP contribution is -1.95. The predicted molar refractivity (Wildman–Crippen MR) is 71.5 cm³/mol. The van der Waals surface area contributed by atoms with E-state index in [9.17, 15) is 0 Å². The Balaban J connectivity index is 2.00. The summed E-state index contributed by atoms with van der Waals surface area (Å²) in [5, 5.41) is 4.84. The molecular weight excluding hydrogens is 232 g/mol. The lowest BCUT2D eigenvalue weighted by Gasteiger charge is -2.00. The topological polar surface area (TPSA) is 50.2 Å². The fraction of sp³-hybridized carbons (Fsp3) is 0.0833. The Labute approximate surface area is 104 Å². The summed E-state index contributed by atoms with van der Waals surface area (Å²) in [5.74, 6) is 0.691. The molecule has 0 unspecified atom stereocenters. The highest BCUT2D eigenvalue weighted by atomic mass is 32.2. The summed E-state index contributed by atoms with van der Waals surface area (Å²) in [4.78, 5) is 8.33. The Hall–Kier alpha value is -1.88. The van der Waals surface area contributed by atoms with Crippen LogP contribution in [0, 0.1) is 0 Å². The van der Waals surface area contributed by atoms with Crippen LogP contribution in [0.15, 0.2) is 52.9 Å². The highest BCUT2D eigenvalue weighted by molar-refractivity contribution is 7.98. The second-order valence-corrected chi connectivity index (χ2v) is 3.98. The van der Waals surface area contributed by atoms with Gasteiger partial charge in [-0.25, -0.2) is 9.97 Å². The number of aromatic nitrogens is 2. The van der Waals surface area contributed by atoms with Crippen LogP contribution in [-0.2, 0) is 0 Å². The highest BCUT2D eigenvalue weighted by Crippen LogP contribution is 2.10. The average molecular weight is 244 g/mol. The summed E-state index contributed by atoms with van der Waals surface area (Å²) in [6.07, 6.45) is 5.40. The monoisotopic (exact) mass is 244 g/mol. The van der Waals surface area contributed by atoms with Crippen LogP contribution in [0.1, 0.15) is 5.56 Å². The molecule has 0 amide bonds. The molecule has 0 bridgehead atoms. The van der Waals surface area contributed by atoms with Crippen molar-refractivity contribution in [3.63, 3.8) is 0 Å². The van der Waals surface area contributed by atoms with Crippen LogP contribution in [0.5, 0.6) is 0 Å². The molecule has 0 atom stereocenters. The van der Waals surface area contributed by atoms with Gasteiger partial charge in [0, 0.05) is 12.3 Å². The Morgan fingerprint density at radius 2 is 2.06 bits per heavy atom. The number of nitrogens with one attached hydrogen (secondary N) is 1. The lowest BCUT2D eigenvalue weighted by atomic mass is 10.2. The molecule has 2 aromatic rings. The zero-order valence-corrected chi connectivity index (χ0v) is 10.2. The predicted octanol–water partition coefficient (Wildman–Crippen LogP) is 2.64. The number of anilines is 1. The minimum absolute atomic E-state index is 0.691. The third kappa shape index (κ3) is 3.57. The first-order chi connectivity index (χ1) is 8.38. The lowest BCUT2D eigenvalue weighted by molar-refractivity contribution is 0.967. The Kier molecular flexibility index (Phi) is 4.10. The number of hydrogen-bond acceptors (Lipinski definition) is 5. The van der Waals surface area contributed by atoms with Crippen molar-refractivity contribution >= 4 is 23.8 Å². The smallest absolute Gasteiger partial charge is 0.189 e. The molecule has 2 rings (SSSR count). The molecule has 4 nitrogen and oxygen atoms in total. The van der Waals surface area contributed by atoms with Gasteiger partial charge >= 0.3 is 0 Å². The van der Waals surface area contributed by atoms with Crippen LogP contribution in [0.25, 0.3) is 0 Å². The van der Waals surface area contributed by atoms with E-state index in [0.29, 0.717) is 5.82 Å². The third-order valence-corrected chi connectivity index (χ3v) is 2.57. The molecule has 86 valence electrons. The first kappa shape index (κ1) is 11.6. The maximum atomic E-state index is 4.25. The Bertz CT molecular complexity index is 499. The van der Waals surface area contributed by atoms with Gasteiger partial charge in [0.15, 0.2) is 11.0 Å². The molecule has 0 spiro atoms. The number of rotatable bonds is 4. The van der Waals surface area contributed by atoms with Gasteiger partial charge in [0.2, 0.25) is 0 Å². The van der Waals surface area contributed by atoms with Gasteiger partial charge in [-0.15, -0.1) is 0 Å². The van der Waals surface area contributed by atoms with Crippen LogP contribution >= 0.6 is 11.8 Å². The fourth-order valence-corrected chi connectivity index (χ4v) is 1.57. The summed E-state index contributed by atoms with van der Waals surface area (Å²) in [5.41, 5.74) is 3.91. The maximum absolute atomic E-state index is 4.25. The van der Waals surface area contributed by atoms with Crippen molar-refractivity contribution in [3.05, 3.63) is 48.2 Å². The molecule has 0 fully saturated rings. The van der Waals surface area contributed by atoms with E-state index in [1.165, 1.54) is 11.8 Å². The van der Waals surface area contributed by atoms with Crippen molar-refractivity contribution < 1.29 is 0 Å². The number of thioether (sulfide) groups is 1. The molecular formula is C12H12N4S. The number of nitrogens with zero attached hydrogens (tertiary/aromatic N) is 3. The first-order valence-electron chi connectivity index (χ1n) is 5.09. The molecule has 0 aliphatic rings. The third-order valence-electron chi connectivity index (χ3n) is 2.01. The van der Waals surface area contributed by atoms with E-state index in [4.69, 9.17) is 0 Å². The SMILES string of the molecule is CSc1nccc(N/N=C\c2ccccc2)n1. The first-order valence-corrected chi connectivity index (χ1v) is 6.32. The van der Waals surface area contributed by atoms with E-state index in [1.807, 2.05) is 36.6 Å². The number of hydrazone groups is 1. The van der Waals surface area contributed by atoms with E-state index in [1.54, 1.807) is 18.5 Å². The molecule has 0 aliphatic carbocycles. The van der Waals surface area contributed by atoms with Crippen molar-refractivity contribution in [1.82, 2.24) is 9.97 Å². The van der Waals surface area contributed by atoms with Gasteiger partial charge in [-0.3, -0.25) is 5.43 Å². The molecule has 0 aliphatic heterocycles. The van der Waals surface area contributed by atoms with Crippen molar-refractivity contribution in [2.24, 2.45) is 5.10 Å². The number of benzene rings is 1. The minimum Gasteiger partial charge on any atom is -0.261 e. The standard InChI is InChI=1S/C12H12N4S/c1-17-12-13-8-7-11(15-12)16-14-9-10-5-3-2-4-6-10/h2-9H,1H3,(H,13,15,16)/b14-9-. The van der Waals surface area contributed by atoms with Crippen molar-refractivity contribution in [2.45, 2.75) is 5.16 Å². The summed E-state index contributed by atoms with van der Waals surface area (Å²) in [6, 6.07) is 11.7. The van der Waals surface area contributed by atoms with Crippen LogP contribution in [0.2, 0.25) is 0 Å². The molecule has 1 aromatic carbocycles. The van der Waals surface area contributed by atoms with Gasteiger partial charge < -0.3 is 0 Å². The zero-order valence-electron chi connectivity index (χ0n) is 9.37. The van der Waals surface area contributed by atoms with Gasteiger partial charge in [-0.1, -0.05) is 42.1 Å². The average Bonchev–Trinajstić information content (AvgIpc) is 2.40. The molecule has 5 heteroatoms. The molecule has 17 heavy (non-hydrogen) atoms. The van der Waals surface area contributed by atoms with E-state index in [0.717, 1.165) is 10.7 Å². The van der Waals surface area contributed by atoms with Gasteiger partial charge in [-0.05, 0) is 11.8 Å². The summed E-state index contributed by atoms with van der Waals surface area (Å²) >= 11 is 1.50. The van der Waals surface area contributed by atoms with Crippen LogP contribution < -0.4 is 5.43 Å². The van der Waals surface area contributed by atoms with E-state index in [2.05, 4.69) is 20.5 Å². The van der Waals surface area contributed by atoms with Gasteiger partial charge in [-0.2, -0.15) is 5.10 Å². The second-order valence-electron chi connectivity index (χ2n) is 3.21. The highest BCUT2D eigenvalue weighted by Gasteiger charge is 1.95. The van der Waals surface area contributed by atoms with E-state index in [-0.39, 0.29) is 0 Å². The van der Waals surface area contributed by atoms with E-state index >= 15 is 0 Å². The van der Waals surface area contributed by atoms with Crippen LogP contribution in [0.4, 0.5) is 5.82 Å². The van der Waals surface area contributed by atoms with Gasteiger partial charge in [0.25, 0.3) is 0 Å².